The van der Waals surface area contributed by atoms with Crippen LogP contribution in [0, 0.1) is 6.92 Å². The SMILES string of the molecule is Cc1cccc(NC(=O)N2CCOC2c2ccc(Cl)cc2Cl)c1. The number of nitrogens with zero attached hydrogens (tertiary/aromatic N) is 1. The molecule has 120 valence electrons. The van der Waals surface area contributed by atoms with E-state index in [-0.39, 0.29) is 6.03 Å². The molecule has 0 saturated carbocycles. The molecule has 0 aliphatic carbocycles. The van der Waals surface area contributed by atoms with Crippen LogP contribution in [0.3, 0.4) is 0 Å². The highest BCUT2D eigenvalue weighted by atomic mass is 35.5. The summed E-state index contributed by atoms with van der Waals surface area (Å²) in [6, 6.07) is 12.6. The van der Waals surface area contributed by atoms with Gasteiger partial charge in [0.05, 0.1) is 6.61 Å². The highest BCUT2D eigenvalue weighted by Gasteiger charge is 2.32. The molecule has 2 amide bonds. The number of benzene rings is 2. The molecule has 1 unspecified atom stereocenters. The molecule has 23 heavy (non-hydrogen) atoms. The van der Waals surface area contributed by atoms with Crippen molar-refractivity contribution in [3.8, 4) is 0 Å². The van der Waals surface area contributed by atoms with E-state index in [0.29, 0.717) is 23.2 Å². The fourth-order valence-corrected chi connectivity index (χ4v) is 3.06. The van der Waals surface area contributed by atoms with Crippen molar-refractivity contribution in [3.63, 3.8) is 0 Å². The number of carbonyl (C=O) groups is 1. The van der Waals surface area contributed by atoms with E-state index in [1.807, 2.05) is 31.2 Å². The van der Waals surface area contributed by atoms with Crippen molar-refractivity contribution in [3.05, 3.63) is 63.6 Å². The van der Waals surface area contributed by atoms with Gasteiger partial charge in [0.1, 0.15) is 0 Å². The molecule has 6 heteroatoms. The quantitative estimate of drug-likeness (QED) is 0.839. The van der Waals surface area contributed by atoms with Gasteiger partial charge in [0.15, 0.2) is 6.23 Å². The molecule has 1 atom stereocenters. The monoisotopic (exact) mass is 350 g/mol. The molecule has 1 aliphatic heterocycles. The van der Waals surface area contributed by atoms with Crippen LogP contribution in [-0.4, -0.2) is 24.1 Å². The van der Waals surface area contributed by atoms with E-state index in [4.69, 9.17) is 27.9 Å². The number of aryl methyl sites for hydroxylation is 1. The van der Waals surface area contributed by atoms with Crippen molar-refractivity contribution in [1.29, 1.82) is 0 Å². The Balaban J connectivity index is 1.79. The van der Waals surface area contributed by atoms with E-state index in [0.717, 1.165) is 16.8 Å². The summed E-state index contributed by atoms with van der Waals surface area (Å²) >= 11 is 12.2. The minimum Gasteiger partial charge on any atom is -0.352 e. The van der Waals surface area contributed by atoms with E-state index in [9.17, 15) is 4.79 Å². The standard InChI is InChI=1S/C17H16Cl2N2O2/c1-11-3-2-4-13(9-11)20-17(22)21-7-8-23-16(21)14-6-5-12(18)10-15(14)19/h2-6,9-10,16H,7-8H2,1H3,(H,20,22). The van der Waals surface area contributed by atoms with E-state index < -0.39 is 6.23 Å². The Kier molecular flexibility index (Phi) is 4.76. The predicted octanol–water partition coefficient (Wildman–Crippen LogP) is 4.86. The van der Waals surface area contributed by atoms with Crippen molar-refractivity contribution in [1.82, 2.24) is 4.90 Å². The van der Waals surface area contributed by atoms with Gasteiger partial charge in [-0.15, -0.1) is 0 Å². The molecule has 1 N–H and O–H groups in total. The Morgan fingerprint density at radius 3 is 2.83 bits per heavy atom. The van der Waals surface area contributed by atoms with Gasteiger partial charge in [-0.1, -0.05) is 41.4 Å². The van der Waals surface area contributed by atoms with Crippen LogP contribution in [0.2, 0.25) is 10.0 Å². The molecule has 3 rings (SSSR count). The van der Waals surface area contributed by atoms with Gasteiger partial charge in [0.2, 0.25) is 0 Å². The van der Waals surface area contributed by atoms with Gasteiger partial charge in [-0.05, 0) is 36.8 Å². The molecule has 1 saturated heterocycles. The normalized spacial score (nSPS) is 17.3. The average molecular weight is 351 g/mol. The summed E-state index contributed by atoms with van der Waals surface area (Å²) in [5.74, 6) is 0. The maximum absolute atomic E-state index is 12.6. The Morgan fingerprint density at radius 2 is 2.09 bits per heavy atom. The number of hydrogen-bond acceptors (Lipinski definition) is 2. The minimum absolute atomic E-state index is 0.218. The van der Waals surface area contributed by atoms with Gasteiger partial charge in [0.25, 0.3) is 0 Å². The highest BCUT2D eigenvalue weighted by Crippen LogP contribution is 2.33. The third-order valence-corrected chi connectivity index (χ3v) is 4.21. The lowest BCUT2D eigenvalue weighted by Crippen LogP contribution is -2.35. The smallest absolute Gasteiger partial charge is 0.324 e. The molecule has 1 heterocycles. The highest BCUT2D eigenvalue weighted by molar-refractivity contribution is 6.35. The van der Waals surface area contributed by atoms with Gasteiger partial charge < -0.3 is 10.1 Å². The number of halogens is 2. The topological polar surface area (TPSA) is 41.6 Å². The third kappa shape index (κ3) is 3.61. The molecule has 1 fully saturated rings. The van der Waals surface area contributed by atoms with Crippen molar-refractivity contribution in [2.45, 2.75) is 13.2 Å². The van der Waals surface area contributed by atoms with Crippen molar-refractivity contribution >= 4 is 34.9 Å². The number of hydrogen-bond donors (Lipinski definition) is 1. The van der Waals surface area contributed by atoms with Crippen LogP contribution in [0.15, 0.2) is 42.5 Å². The Labute approximate surface area is 144 Å². The summed E-state index contributed by atoms with van der Waals surface area (Å²) < 4.78 is 5.69. The van der Waals surface area contributed by atoms with E-state index in [2.05, 4.69) is 5.32 Å². The largest absolute Gasteiger partial charge is 0.352 e. The molecule has 4 nitrogen and oxygen atoms in total. The third-order valence-electron chi connectivity index (χ3n) is 3.65. The van der Waals surface area contributed by atoms with Crippen molar-refractivity contribution < 1.29 is 9.53 Å². The number of anilines is 1. The second kappa shape index (κ2) is 6.79. The first-order chi connectivity index (χ1) is 11.0. The lowest BCUT2D eigenvalue weighted by atomic mass is 10.2. The average Bonchev–Trinajstić information content (AvgIpc) is 2.96. The summed E-state index contributed by atoms with van der Waals surface area (Å²) in [5.41, 5.74) is 2.56. The summed E-state index contributed by atoms with van der Waals surface area (Å²) in [4.78, 5) is 14.2. The maximum atomic E-state index is 12.6. The lowest BCUT2D eigenvalue weighted by Gasteiger charge is -2.24. The van der Waals surface area contributed by atoms with Crippen LogP contribution >= 0.6 is 23.2 Å². The summed E-state index contributed by atoms with van der Waals surface area (Å²) in [6.07, 6.45) is -0.510. The van der Waals surface area contributed by atoms with Crippen LogP contribution < -0.4 is 5.32 Å². The molecule has 0 radical (unpaired) electrons. The zero-order chi connectivity index (χ0) is 16.4. The molecule has 0 bridgehead atoms. The van der Waals surface area contributed by atoms with Gasteiger partial charge in [-0.2, -0.15) is 0 Å². The first kappa shape index (κ1) is 16.1. The second-order valence-corrected chi connectivity index (χ2v) is 6.23. The van der Waals surface area contributed by atoms with Crippen LogP contribution in [0.4, 0.5) is 10.5 Å². The maximum Gasteiger partial charge on any atom is 0.324 e. The number of urea groups is 1. The van der Waals surface area contributed by atoms with Gasteiger partial charge in [0, 0.05) is 27.8 Å². The second-order valence-electron chi connectivity index (χ2n) is 5.38. The zero-order valence-corrected chi connectivity index (χ0v) is 14.1. The number of nitrogens with one attached hydrogen (secondary N) is 1. The molecule has 2 aromatic rings. The van der Waals surface area contributed by atoms with Crippen molar-refractivity contribution in [2.24, 2.45) is 0 Å². The van der Waals surface area contributed by atoms with Gasteiger partial charge in [-0.25, -0.2) is 4.79 Å². The molecule has 0 spiro atoms. The van der Waals surface area contributed by atoms with Gasteiger partial charge in [-0.3, -0.25) is 4.90 Å². The molecule has 0 aromatic heterocycles. The summed E-state index contributed by atoms with van der Waals surface area (Å²) in [7, 11) is 0. The summed E-state index contributed by atoms with van der Waals surface area (Å²) in [5, 5.41) is 3.93. The molecular formula is C17H16Cl2N2O2. The van der Waals surface area contributed by atoms with Crippen LogP contribution in [0.25, 0.3) is 0 Å². The molecule has 2 aromatic carbocycles. The van der Waals surface area contributed by atoms with Crippen LogP contribution in [0.1, 0.15) is 17.4 Å². The number of amides is 2. The first-order valence-corrected chi connectivity index (χ1v) is 8.01. The zero-order valence-electron chi connectivity index (χ0n) is 12.6. The van der Waals surface area contributed by atoms with E-state index in [1.54, 1.807) is 23.1 Å². The lowest BCUT2D eigenvalue weighted by molar-refractivity contribution is 0.0523. The van der Waals surface area contributed by atoms with E-state index >= 15 is 0 Å². The molecular weight excluding hydrogens is 335 g/mol. The van der Waals surface area contributed by atoms with E-state index in [1.165, 1.54) is 0 Å². The predicted molar refractivity (Wildman–Crippen MR) is 92.1 cm³/mol. The Bertz CT molecular complexity index is 736. The Hall–Kier alpha value is -1.75. The first-order valence-electron chi connectivity index (χ1n) is 7.25. The summed E-state index contributed by atoms with van der Waals surface area (Å²) in [6.45, 7) is 2.94. The number of carbonyl (C=O) groups excluding carboxylic acids is 1. The number of ether oxygens (including phenoxy) is 1. The fraction of sp³-hybridized carbons (Fsp3) is 0.235. The van der Waals surface area contributed by atoms with Crippen LogP contribution in [0.5, 0.6) is 0 Å². The minimum atomic E-state index is -0.510. The molecule has 1 aliphatic rings. The van der Waals surface area contributed by atoms with Crippen molar-refractivity contribution in [2.75, 3.05) is 18.5 Å². The van der Waals surface area contributed by atoms with Crippen LogP contribution in [-0.2, 0) is 4.74 Å². The number of rotatable bonds is 2. The van der Waals surface area contributed by atoms with Gasteiger partial charge >= 0.3 is 6.03 Å². The fourth-order valence-electron chi connectivity index (χ4n) is 2.56. The Morgan fingerprint density at radius 1 is 1.26 bits per heavy atom.